The molecule has 2 aromatic carbocycles. The highest BCUT2D eigenvalue weighted by Crippen LogP contribution is 2.46. The van der Waals surface area contributed by atoms with Gasteiger partial charge in [0.05, 0.1) is 6.10 Å². The van der Waals surface area contributed by atoms with Crippen LogP contribution in [0.1, 0.15) is 29.2 Å². The van der Waals surface area contributed by atoms with Crippen molar-refractivity contribution in [3.05, 3.63) is 64.2 Å². The Morgan fingerprint density at radius 3 is 2.50 bits per heavy atom. The molecule has 20 heavy (non-hydrogen) atoms. The summed E-state index contributed by atoms with van der Waals surface area (Å²) in [6, 6.07) is 13.9. The van der Waals surface area contributed by atoms with Crippen molar-refractivity contribution in [3.8, 4) is 5.75 Å². The molecule has 0 amide bonds. The molecule has 2 aromatic rings. The average Bonchev–Trinajstić information content (AvgIpc) is 2.77. The van der Waals surface area contributed by atoms with Crippen molar-refractivity contribution in [3.63, 3.8) is 0 Å². The first-order valence-electron chi connectivity index (χ1n) is 6.89. The van der Waals surface area contributed by atoms with Gasteiger partial charge in [0.1, 0.15) is 11.4 Å². The molecule has 102 valence electrons. The monoisotopic (exact) mass is 286 g/mol. The Labute approximate surface area is 123 Å². The van der Waals surface area contributed by atoms with Crippen LogP contribution in [0, 0.1) is 0 Å². The van der Waals surface area contributed by atoms with Crippen molar-refractivity contribution in [2.75, 3.05) is 0 Å². The fourth-order valence-electron chi connectivity index (χ4n) is 3.49. The molecule has 0 fully saturated rings. The van der Waals surface area contributed by atoms with Gasteiger partial charge in [0.25, 0.3) is 0 Å². The van der Waals surface area contributed by atoms with E-state index in [2.05, 4.69) is 24.3 Å². The zero-order chi connectivity index (χ0) is 13.7. The van der Waals surface area contributed by atoms with E-state index in [1.54, 1.807) is 6.07 Å². The molecular formula is C17H15ClO2. The highest BCUT2D eigenvalue weighted by Gasteiger charge is 2.44. The van der Waals surface area contributed by atoms with E-state index in [1.165, 1.54) is 11.1 Å². The highest BCUT2D eigenvalue weighted by atomic mass is 35.5. The highest BCUT2D eigenvalue weighted by molar-refractivity contribution is 6.30. The van der Waals surface area contributed by atoms with Crippen LogP contribution in [0.15, 0.2) is 42.5 Å². The number of benzene rings is 2. The van der Waals surface area contributed by atoms with Crippen LogP contribution >= 0.6 is 11.6 Å². The van der Waals surface area contributed by atoms with Crippen molar-refractivity contribution < 1.29 is 9.84 Å². The van der Waals surface area contributed by atoms with E-state index >= 15 is 0 Å². The minimum Gasteiger partial charge on any atom is -0.486 e. The van der Waals surface area contributed by atoms with Gasteiger partial charge in [0.15, 0.2) is 0 Å². The van der Waals surface area contributed by atoms with Crippen LogP contribution < -0.4 is 4.74 Å². The second kappa shape index (κ2) is 4.24. The summed E-state index contributed by atoms with van der Waals surface area (Å²) in [6.07, 6.45) is 1.84. The van der Waals surface area contributed by atoms with Crippen LogP contribution in [0.5, 0.6) is 5.75 Å². The lowest BCUT2D eigenvalue weighted by Gasteiger charge is -2.38. The molecule has 1 atom stereocenters. The molecule has 0 bridgehead atoms. The van der Waals surface area contributed by atoms with Gasteiger partial charge in [-0.15, -0.1) is 0 Å². The summed E-state index contributed by atoms with van der Waals surface area (Å²) in [5, 5.41) is 11.1. The van der Waals surface area contributed by atoms with Gasteiger partial charge in [-0.05, 0) is 29.3 Å². The predicted octanol–water partition coefficient (Wildman–Crippen LogP) is 3.69. The maximum absolute atomic E-state index is 10.5. The number of fused-ring (bicyclic) bond motifs is 2. The second-order valence-electron chi connectivity index (χ2n) is 5.81. The predicted molar refractivity (Wildman–Crippen MR) is 78.2 cm³/mol. The Morgan fingerprint density at radius 1 is 1.10 bits per heavy atom. The van der Waals surface area contributed by atoms with E-state index in [4.69, 9.17) is 16.3 Å². The first-order valence-corrected chi connectivity index (χ1v) is 7.26. The summed E-state index contributed by atoms with van der Waals surface area (Å²) in [6.45, 7) is 0. The third-order valence-electron chi connectivity index (χ3n) is 4.37. The molecule has 4 rings (SSSR count). The topological polar surface area (TPSA) is 29.5 Å². The summed E-state index contributed by atoms with van der Waals surface area (Å²) in [4.78, 5) is 0. The first kappa shape index (κ1) is 12.2. The molecule has 0 radical (unpaired) electrons. The number of aliphatic hydroxyl groups is 1. The van der Waals surface area contributed by atoms with Crippen LogP contribution in [0.25, 0.3) is 0 Å². The second-order valence-corrected chi connectivity index (χ2v) is 6.25. The lowest BCUT2D eigenvalue weighted by atomic mass is 9.86. The molecule has 1 aliphatic carbocycles. The summed E-state index contributed by atoms with van der Waals surface area (Å²) >= 11 is 6.00. The lowest BCUT2D eigenvalue weighted by molar-refractivity contribution is -0.00702. The number of rotatable bonds is 0. The van der Waals surface area contributed by atoms with Crippen LogP contribution in [-0.4, -0.2) is 10.7 Å². The van der Waals surface area contributed by atoms with E-state index in [1.807, 2.05) is 12.1 Å². The molecular weight excluding hydrogens is 272 g/mol. The Balaban J connectivity index is 1.73. The molecule has 1 N–H and O–H groups in total. The fraction of sp³-hybridized carbons (Fsp3) is 0.294. The van der Waals surface area contributed by atoms with Gasteiger partial charge in [-0.25, -0.2) is 0 Å². The summed E-state index contributed by atoms with van der Waals surface area (Å²) in [5.74, 6) is 0.765. The maximum Gasteiger partial charge on any atom is 0.126 e. The molecule has 1 aliphatic heterocycles. The molecule has 3 heteroatoms. The van der Waals surface area contributed by atoms with E-state index in [0.29, 0.717) is 11.4 Å². The van der Waals surface area contributed by atoms with Crippen LogP contribution in [0.2, 0.25) is 5.02 Å². The number of aliphatic hydroxyl groups excluding tert-OH is 1. The summed E-state index contributed by atoms with van der Waals surface area (Å²) in [5.41, 5.74) is 3.16. The minimum atomic E-state index is -0.508. The summed E-state index contributed by atoms with van der Waals surface area (Å²) in [7, 11) is 0. The molecule has 1 heterocycles. The van der Waals surface area contributed by atoms with Crippen molar-refractivity contribution in [1.82, 2.24) is 0 Å². The van der Waals surface area contributed by atoms with Gasteiger partial charge in [-0.1, -0.05) is 35.9 Å². The van der Waals surface area contributed by atoms with E-state index in [0.717, 1.165) is 24.2 Å². The zero-order valence-corrected chi connectivity index (χ0v) is 11.7. The maximum atomic E-state index is 10.5. The number of ether oxygens (including phenoxy) is 1. The summed E-state index contributed by atoms with van der Waals surface area (Å²) < 4.78 is 6.27. The van der Waals surface area contributed by atoms with Crippen LogP contribution in [-0.2, 0) is 12.8 Å². The SMILES string of the molecule is O[C@@H]1CC2(Cc3ccccc3C2)Oc2ccc(Cl)cc21. The van der Waals surface area contributed by atoms with Crippen molar-refractivity contribution in [2.24, 2.45) is 0 Å². The normalized spacial score (nSPS) is 22.2. The van der Waals surface area contributed by atoms with E-state index in [9.17, 15) is 5.11 Å². The number of halogens is 1. The Hall–Kier alpha value is -1.51. The quantitative estimate of drug-likeness (QED) is 0.800. The van der Waals surface area contributed by atoms with E-state index in [-0.39, 0.29) is 5.60 Å². The van der Waals surface area contributed by atoms with Crippen LogP contribution in [0.3, 0.4) is 0 Å². The zero-order valence-electron chi connectivity index (χ0n) is 11.0. The minimum absolute atomic E-state index is 0.302. The molecule has 2 aliphatic rings. The van der Waals surface area contributed by atoms with Gasteiger partial charge < -0.3 is 9.84 Å². The molecule has 0 saturated heterocycles. The van der Waals surface area contributed by atoms with Gasteiger partial charge in [0.2, 0.25) is 0 Å². The van der Waals surface area contributed by atoms with Crippen molar-refractivity contribution in [1.29, 1.82) is 0 Å². The standard InChI is InChI=1S/C17H15ClO2/c18-13-5-6-16-14(7-13)15(19)10-17(20-16)8-11-3-1-2-4-12(11)9-17/h1-7,15,19H,8-10H2/t15-/m1/s1. The van der Waals surface area contributed by atoms with Gasteiger partial charge >= 0.3 is 0 Å². The smallest absolute Gasteiger partial charge is 0.126 e. The lowest BCUT2D eigenvalue weighted by Crippen LogP contribution is -2.42. The van der Waals surface area contributed by atoms with Gasteiger partial charge in [-0.3, -0.25) is 0 Å². The third-order valence-corrected chi connectivity index (χ3v) is 4.60. The van der Waals surface area contributed by atoms with Crippen molar-refractivity contribution in [2.45, 2.75) is 31.0 Å². The van der Waals surface area contributed by atoms with Gasteiger partial charge in [-0.2, -0.15) is 0 Å². The number of hydrogen-bond acceptors (Lipinski definition) is 2. The van der Waals surface area contributed by atoms with E-state index < -0.39 is 6.10 Å². The molecule has 0 saturated carbocycles. The van der Waals surface area contributed by atoms with Crippen molar-refractivity contribution >= 4 is 11.6 Å². The van der Waals surface area contributed by atoms with Gasteiger partial charge in [0, 0.05) is 29.8 Å². The third kappa shape index (κ3) is 1.83. The molecule has 0 aromatic heterocycles. The first-order chi connectivity index (χ1) is 9.65. The molecule has 2 nitrogen and oxygen atoms in total. The Morgan fingerprint density at radius 2 is 1.80 bits per heavy atom. The van der Waals surface area contributed by atoms with Crippen LogP contribution in [0.4, 0.5) is 0 Å². The Kier molecular flexibility index (Phi) is 2.60. The fourth-order valence-corrected chi connectivity index (χ4v) is 3.67. The molecule has 0 unspecified atom stereocenters. The number of hydrogen-bond donors (Lipinski definition) is 1. The Bertz CT molecular complexity index is 655. The largest absolute Gasteiger partial charge is 0.486 e. The molecule has 1 spiro atoms. The average molecular weight is 287 g/mol.